The number of likely N-dealkylation sites (tertiary alicyclic amines) is 2. The van der Waals surface area contributed by atoms with Crippen LogP contribution in [0.3, 0.4) is 0 Å². The van der Waals surface area contributed by atoms with Gasteiger partial charge in [-0.25, -0.2) is 0 Å². The summed E-state index contributed by atoms with van der Waals surface area (Å²) in [5, 5.41) is 4.28. The maximum Gasteiger partial charge on any atom is 0.118 e. The summed E-state index contributed by atoms with van der Waals surface area (Å²) < 4.78 is 7.63. The van der Waals surface area contributed by atoms with Crippen LogP contribution in [0.1, 0.15) is 23.5 Å². The molecule has 124 valence electrons. The first-order valence-corrected chi connectivity index (χ1v) is 8.63. The molecule has 2 saturated heterocycles. The fourth-order valence-corrected chi connectivity index (χ4v) is 4.22. The molecule has 0 N–H and O–H groups in total. The number of piperidine rings is 1. The molecule has 0 amide bonds. The first-order chi connectivity index (χ1) is 11.2. The minimum absolute atomic E-state index is 0.802. The van der Waals surface area contributed by atoms with Gasteiger partial charge in [0.25, 0.3) is 0 Å². The Morgan fingerprint density at radius 3 is 2.70 bits per heavy atom. The van der Waals surface area contributed by atoms with E-state index >= 15 is 0 Å². The minimum atomic E-state index is 0.802. The first kappa shape index (κ1) is 15.0. The average Bonchev–Trinajstić information content (AvgIpc) is 3.20. The van der Waals surface area contributed by atoms with E-state index < -0.39 is 0 Å². The molecule has 0 unspecified atom stereocenters. The van der Waals surface area contributed by atoms with E-state index in [0.29, 0.717) is 0 Å². The predicted octanol–water partition coefficient (Wildman–Crippen LogP) is 2.28. The van der Waals surface area contributed by atoms with E-state index in [2.05, 4.69) is 33.2 Å². The van der Waals surface area contributed by atoms with Gasteiger partial charge in [0.05, 0.1) is 12.7 Å². The lowest BCUT2D eigenvalue weighted by Gasteiger charge is -2.34. The van der Waals surface area contributed by atoms with Crippen LogP contribution < -0.4 is 0 Å². The van der Waals surface area contributed by atoms with Crippen molar-refractivity contribution < 1.29 is 4.42 Å². The molecule has 0 spiro atoms. The Kier molecular flexibility index (Phi) is 3.99. The quantitative estimate of drug-likeness (QED) is 0.868. The number of rotatable bonds is 4. The molecule has 2 aliphatic heterocycles. The monoisotopic (exact) mass is 314 g/mol. The van der Waals surface area contributed by atoms with Gasteiger partial charge >= 0.3 is 0 Å². The highest BCUT2D eigenvalue weighted by molar-refractivity contribution is 5.07. The summed E-state index contributed by atoms with van der Waals surface area (Å²) in [6.07, 6.45) is 5.44. The summed E-state index contributed by atoms with van der Waals surface area (Å²) in [6.45, 7) is 8.87. The smallest absolute Gasteiger partial charge is 0.118 e. The molecule has 4 rings (SSSR count). The molecule has 5 nitrogen and oxygen atoms in total. The molecule has 0 aromatic carbocycles. The highest BCUT2D eigenvalue weighted by Gasteiger charge is 2.37. The number of aromatic nitrogens is 2. The van der Waals surface area contributed by atoms with Crippen molar-refractivity contribution in [1.29, 1.82) is 0 Å². The van der Waals surface area contributed by atoms with E-state index in [9.17, 15) is 0 Å². The van der Waals surface area contributed by atoms with Crippen LogP contribution >= 0.6 is 0 Å². The highest BCUT2D eigenvalue weighted by atomic mass is 16.3. The number of hydrogen-bond acceptors (Lipinski definition) is 4. The summed E-state index contributed by atoms with van der Waals surface area (Å²) in [4.78, 5) is 5.17. The third kappa shape index (κ3) is 3.35. The van der Waals surface area contributed by atoms with E-state index in [1.165, 1.54) is 38.2 Å². The second kappa shape index (κ2) is 6.13. The van der Waals surface area contributed by atoms with E-state index in [1.54, 1.807) is 0 Å². The lowest BCUT2D eigenvalue weighted by molar-refractivity contribution is 0.142. The standard InChI is InChI=1S/C18H26N4O/c1-14-3-4-18(23-14)13-22-10-16-5-6-21(11-17(16)12-22)9-15-7-19-20(2)8-15/h3-4,7-8,16-17H,5-6,9-13H2,1-2H3/t16-,17+/m0/s1. The number of furan rings is 1. The molecular formula is C18H26N4O. The molecule has 0 saturated carbocycles. The first-order valence-electron chi connectivity index (χ1n) is 8.63. The molecule has 5 heteroatoms. The van der Waals surface area contributed by atoms with Gasteiger partial charge in [0.15, 0.2) is 0 Å². The Hall–Kier alpha value is -1.59. The van der Waals surface area contributed by atoms with Crippen LogP contribution in [0.25, 0.3) is 0 Å². The highest BCUT2D eigenvalue weighted by Crippen LogP contribution is 2.32. The van der Waals surface area contributed by atoms with E-state index in [0.717, 1.165) is 36.4 Å². The van der Waals surface area contributed by atoms with E-state index in [-0.39, 0.29) is 0 Å². The fraction of sp³-hybridized carbons (Fsp3) is 0.611. The molecule has 2 aromatic heterocycles. The van der Waals surface area contributed by atoms with Gasteiger partial charge in [-0.3, -0.25) is 14.5 Å². The van der Waals surface area contributed by atoms with Gasteiger partial charge in [0.1, 0.15) is 11.5 Å². The van der Waals surface area contributed by atoms with Crippen molar-refractivity contribution in [2.24, 2.45) is 18.9 Å². The summed E-state index contributed by atoms with van der Waals surface area (Å²) in [5.74, 6) is 3.78. The van der Waals surface area contributed by atoms with Crippen molar-refractivity contribution >= 4 is 0 Å². The normalized spacial score (nSPS) is 25.8. The molecule has 4 heterocycles. The third-order valence-electron chi connectivity index (χ3n) is 5.30. The molecule has 2 aromatic rings. The molecular weight excluding hydrogens is 288 g/mol. The molecule has 0 bridgehead atoms. The van der Waals surface area contributed by atoms with Crippen molar-refractivity contribution in [3.63, 3.8) is 0 Å². The lowest BCUT2D eigenvalue weighted by atomic mass is 9.88. The zero-order chi connectivity index (χ0) is 15.8. The molecule has 0 aliphatic carbocycles. The number of fused-ring (bicyclic) bond motifs is 1. The van der Waals surface area contributed by atoms with Gasteiger partial charge in [-0.15, -0.1) is 0 Å². The second-order valence-electron chi connectivity index (χ2n) is 7.27. The van der Waals surface area contributed by atoms with Crippen molar-refractivity contribution in [1.82, 2.24) is 19.6 Å². The zero-order valence-corrected chi connectivity index (χ0v) is 14.1. The van der Waals surface area contributed by atoms with Crippen molar-refractivity contribution in [3.05, 3.63) is 41.6 Å². The number of nitrogens with zero attached hydrogens (tertiary/aromatic N) is 4. The van der Waals surface area contributed by atoms with Crippen LogP contribution in [-0.4, -0.2) is 45.8 Å². The second-order valence-corrected chi connectivity index (χ2v) is 7.27. The van der Waals surface area contributed by atoms with Crippen LogP contribution in [0.2, 0.25) is 0 Å². The van der Waals surface area contributed by atoms with Gasteiger partial charge in [0.2, 0.25) is 0 Å². The molecule has 2 fully saturated rings. The summed E-state index contributed by atoms with van der Waals surface area (Å²) in [6, 6.07) is 4.18. The van der Waals surface area contributed by atoms with Crippen LogP contribution in [0.15, 0.2) is 28.9 Å². The number of hydrogen-bond donors (Lipinski definition) is 0. The molecule has 23 heavy (non-hydrogen) atoms. The Morgan fingerprint density at radius 1 is 1.13 bits per heavy atom. The average molecular weight is 314 g/mol. The van der Waals surface area contributed by atoms with Crippen molar-refractivity contribution in [3.8, 4) is 0 Å². The van der Waals surface area contributed by atoms with Gasteiger partial charge < -0.3 is 4.42 Å². The van der Waals surface area contributed by atoms with Crippen molar-refractivity contribution in [2.45, 2.75) is 26.4 Å². The zero-order valence-electron chi connectivity index (χ0n) is 14.1. The van der Waals surface area contributed by atoms with Crippen LogP contribution in [0.4, 0.5) is 0 Å². The predicted molar refractivity (Wildman–Crippen MR) is 88.8 cm³/mol. The minimum Gasteiger partial charge on any atom is -0.465 e. The van der Waals surface area contributed by atoms with Crippen LogP contribution in [0, 0.1) is 18.8 Å². The Labute approximate surface area is 137 Å². The molecule has 2 aliphatic rings. The Morgan fingerprint density at radius 2 is 1.96 bits per heavy atom. The van der Waals surface area contributed by atoms with E-state index in [1.807, 2.05) is 24.9 Å². The largest absolute Gasteiger partial charge is 0.465 e. The Bertz CT molecular complexity index is 621. The fourth-order valence-electron chi connectivity index (χ4n) is 4.22. The third-order valence-corrected chi connectivity index (χ3v) is 5.30. The van der Waals surface area contributed by atoms with Gasteiger partial charge in [-0.05, 0) is 43.9 Å². The van der Waals surface area contributed by atoms with E-state index in [4.69, 9.17) is 4.42 Å². The Balaban J connectivity index is 1.33. The van der Waals surface area contributed by atoms with Crippen LogP contribution in [0.5, 0.6) is 0 Å². The molecule has 0 radical (unpaired) electrons. The van der Waals surface area contributed by atoms with Crippen molar-refractivity contribution in [2.75, 3.05) is 26.2 Å². The topological polar surface area (TPSA) is 37.4 Å². The molecule has 2 atom stereocenters. The van der Waals surface area contributed by atoms with Gasteiger partial charge in [-0.2, -0.15) is 5.10 Å². The maximum atomic E-state index is 5.74. The summed E-state index contributed by atoms with van der Waals surface area (Å²) >= 11 is 0. The summed E-state index contributed by atoms with van der Waals surface area (Å²) in [5.41, 5.74) is 1.33. The van der Waals surface area contributed by atoms with Gasteiger partial charge in [0, 0.05) is 45.0 Å². The van der Waals surface area contributed by atoms with Crippen LogP contribution in [-0.2, 0) is 20.1 Å². The lowest BCUT2D eigenvalue weighted by Crippen LogP contribution is -2.39. The van der Waals surface area contributed by atoms with Gasteiger partial charge in [-0.1, -0.05) is 0 Å². The number of aryl methyl sites for hydroxylation is 2. The SMILES string of the molecule is Cc1ccc(CN2C[C@H]3CN(Cc4cnn(C)c4)CC[C@H]3C2)o1. The maximum absolute atomic E-state index is 5.74. The summed E-state index contributed by atoms with van der Waals surface area (Å²) in [7, 11) is 1.99.